The molecular formula is C23H19N3O3. The van der Waals surface area contributed by atoms with E-state index < -0.39 is 0 Å². The quantitative estimate of drug-likeness (QED) is 0.522. The molecular weight excluding hydrogens is 366 g/mol. The summed E-state index contributed by atoms with van der Waals surface area (Å²) < 4.78 is 11.0. The molecule has 29 heavy (non-hydrogen) atoms. The maximum atomic E-state index is 13.0. The van der Waals surface area contributed by atoms with Gasteiger partial charge in [-0.3, -0.25) is 4.79 Å². The standard InChI is InChI=1S/C23H19N3O3/c1-28-16-12-19-22(20(13-16)29-11-10-24)21-17(8-5-9-18(21)26-19)23(27)25-14-15-6-3-2-4-7-15/h2-9,12-13,26H,11,14H2,1H3,(H,25,27). The van der Waals surface area contributed by atoms with Gasteiger partial charge in [-0.2, -0.15) is 5.26 Å². The van der Waals surface area contributed by atoms with Gasteiger partial charge in [0.25, 0.3) is 5.91 Å². The third-order valence-corrected chi connectivity index (χ3v) is 4.73. The number of benzene rings is 3. The number of carbonyl (C=O) groups excluding carboxylic acids is 1. The number of ether oxygens (including phenoxy) is 2. The van der Waals surface area contributed by atoms with Crippen LogP contribution in [0.4, 0.5) is 0 Å². The Bertz CT molecular complexity index is 1220. The monoisotopic (exact) mass is 385 g/mol. The van der Waals surface area contributed by atoms with Gasteiger partial charge < -0.3 is 19.8 Å². The summed E-state index contributed by atoms with van der Waals surface area (Å²) in [7, 11) is 1.57. The average molecular weight is 385 g/mol. The van der Waals surface area contributed by atoms with Crippen LogP contribution in [0.5, 0.6) is 11.5 Å². The number of aromatic nitrogens is 1. The van der Waals surface area contributed by atoms with Crippen LogP contribution in [-0.2, 0) is 6.54 Å². The van der Waals surface area contributed by atoms with Gasteiger partial charge in [0.05, 0.1) is 18.0 Å². The second kappa shape index (κ2) is 7.95. The molecule has 0 aliphatic rings. The Labute approximate surface area is 167 Å². The zero-order valence-corrected chi connectivity index (χ0v) is 15.9. The lowest BCUT2D eigenvalue weighted by Gasteiger charge is -2.10. The highest BCUT2D eigenvalue weighted by Crippen LogP contribution is 2.38. The van der Waals surface area contributed by atoms with E-state index in [1.807, 2.05) is 54.6 Å². The Kier molecular flexibility index (Phi) is 5.04. The molecule has 0 fully saturated rings. The van der Waals surface area contributed by atoms with Gasteiger partial charge in [-0.05, 0) is 17.7 Å². The van der Waals surface area contributed by atoms with Crippen LogP contribution in [0.3, 0.4) is 0 Å². The van der Waals surface area contributed by atoms with Crippen LogP contribution in [0.15, 0.2) is 60.7 Å². The second-order valence-corrected chi connectivity index (χ2v) is 6.52. The summed E-state index contributed by atoms with van der Waals surface area (Å²) in [4.78, 5) is 16.3. The van der Waals surface area contributed by atoms with Crippen molar-refractivity contribution in [2.24, 2.45) is 0 Å². The maximum absolute atomic E-state index is 13.0. The van der Waals surface area contributed by atoms with E-state index in [-0.39, 0.29) is 12.5 Å². The number of rotatable bonds is 6. The van der Waals surface area contributed by atoms with Crippen molar-refractivity contribution in [1.82, 2.24) is 10.3 Å². The molecule has 1 amide bonds. The number of methoxy groups -OCH3 is 1. The van der Waals surface area contributed by atoms with Crippen LogP contribution in [0.1, 0.15) is 15.9 Å². The summed E-state index contributed by atoms with van der Waals surface area (Å²) in [5.74, 6) is 0.921. The summed E-state index contributed by atoms with van der Waals surface area (Å²) >= 11 is 0. The molecule has 0 saturated carbocycles. The molecule has 1 aromatic heterocycles. The van der Waals surface area contributed by atoms with Crippen molar-refractivity contribution in [2.45, 2.75) is 6.54 Å². The van der Waals surface area contributed by atoms with Crippen LogP contribution < -0.4 is 14.8 Å². The number of H-pyrrole nitrogens is 1. The van der Waals surface area contributed by atoms with E-state index in [0.717, 1.165) is 27.4 Å². The van der Waals surface area contributed by atoms with Crippen molar-refractivity contribution < 1.29 is 14.3 Å². The number of nitrogens with one attached hydrogen (secondary N) is 2. The normalized spacial score (nSPS) is 10.6. The van der Waals surface area contributed by atoms with Crippen LogP contribution in [0.2, 0.25) is 0 Å². The van der Waals surface area contributed by atoms with E-state index in [2.05, 4.69) is 10.3 Å². The molecule has 4 rings (SSSR count). The molecule has 0 aliphatic carbocycles. The molecule has 0 bridgehead atoms. The first-order chi connectivity index (χ1) is 14.2. The average Bonchev–Trinajstić information content (AvgIpc) is 3.15. The van der Waals surface area contributed by atoms with Crippen molar-refractivity contribution in [3.63, 3.8) is 0 Å². The molecule has 6 heteroatoms. The van der Waals surface area contributed by atoms with E-state index in [4.69, 9.17) is 14.7 Å². The SMILES string of the molecule is COc1cc(OCC#N)c2c(c1)[nH]c1cccc(C(=O)NCc3ccccc3)c12. The van der Waals surface area contributed by atoms with Crippen molar-refractivity contribution >= 4 is 27.7 Å². The van der Waals surface area contributed by atoms with Crippen molar-refractivity contribution in [3.05, 3.63) is 71.8 Å². The molecule has 1 heterocycles. The lowest BCUT2D eigenvalue weighted by Crippen LogP contribution is -2.22. The topological polar surface area (TPSA) is 87.1 Å². The molecule has 0 atom stereocenters. The minimum Gasteiger partial charge on any atom is -0.497 e. The predicted molar refractivity (Wildman–Crippen MR) is 111 cm³/mol. The fourth-order valence-electron chi connectivity index (χ4n) is 3.42. The van der Waals surface area contributed by atoms with Crippen molar-refractivity contribution in [2.75, 3.05) is 13.7 Å². The first kappa shape index (κ1) is 18.4. The van der Waals surface area contributed by atoms with E-state index in [0.29, 0.717) is 23.6 Å². The highest BCUT2D eigenvalue weighted by Gasteiger charge is 2.18. The van der Waals surface area contributed by atoms with Gasteiger partial charge in [0.15, 0.2) is 6.61 Å². The number of nitriles is 1. The van der Waals surface area contributed by atoms with Crippen LogP contribution in [0, 0.1) is 11.3 Å². The van der Waals surface area contributed by atoms with E-state index in [1.165, 1.54) is 0 Å². The van der Waals surface area contributed by atoms with E-state index >= 15 is 0 Å². The Morgan fingerprint density at radius 1 is 1.07 bits per heavy atom. The van der Waals surface area contributed by atoms with Gasteiger partial charge in [-0.1, -0.05) is 36.4 Å². The number of nitrogens with zero attached hydrogens (tertiary/aromatic N) is 1. The van der Waals surface area contributed by atoms with Crippen LogP contribution in [0.25, 0.3) is 21.8 Å². The molecule has 2 N–H and O–H groups in total. The molecule has 0 unspecified atom stereocenters. The molecule has 0 aliphatic heterocycles. The largest absolute Gasteiger partial charge is 0.497 e. The number of aromatic amines is 1. The summed E-state index contributed by atoms with van der Waals surface area (Å²) in [6, 6.07) is 20.8. The third kappa shape index (κ3) is 3.58. The van der Waals surface area contributed by atoms with Crippen molar-refractivity contribution in [3.8, 4) is 17.6 Å². The number of amides is 1. The maximum Gasteiger partial charge on any atom is 0.252 e. The Morgan fingerprint density at radius 3 is 2.66 bits per heavy atom. The summed E-state index contributed by atoms with van der Waals surface area (Å²) in [6.07, 6.45) is 0. The smallest absolute Gasteiger partial charge is 0.252 e. The summed E-state index contributed by atoms with van der Waals surface area (Å²) in [6.45, 7) is 0.335. The van der Waals surface area contributed by atoms with Gasteiger partial charge in [-0.15, -0.1) is 0 Å². The molecule has 0 radical (unpaired) electrons. The second-order valence-electron chi connectivity index (χ2n) is 6.52. The Morgan fingerprint density at radius 2 is 1.90 bits per heavy atom. The molecule has 0 saturated heterocycles. The van der Waals surface area contributed by atoms with E-state index in [9.17, 15) is 4.79 Å². The highest BCUT2D eigenvalue weighted by molar-refractivity contribution is 6.19. The van der Waals surface area contributed by atoms with E-state index in [1.54, 1.807) is 19.2 Å². The van der Waals surface area contributed by atoms with Crippen molar-refractivity contribution in [1.29, 1.82) is 5.26 Å². The van der Waals surface area contributed by atoms with Gasteiger partial charge >= 0.3 is 0 Å². The number of hydrogen-bond acceptors (Lipinski definition) is 4. The Hall–Kier alpha value is -3.98. The first-order valence-corrected chi connectivity index (χ1v) is 9.15. The minimum absolute atomic E-state index is 0.0999. The summed E-state index contributed by atoms with van der Waals surface area (Å²) in [5.41, 5.74) is 3.14. The molecule has 6 nitrogen and oxygen atoms in total. The zero-order chi connectivity index (χ0) is 20.2. The number of fused-ring (bicyclic) bond motifs is 3. The minimum atomic E-state index is -0.178. The number of hydrogen-bond donors (Lipinski definition) is 2. The first-order valence-electron chi connectivity index (χ1n) is 9.15. The fraction of sp³-hybridized carbons (Fsp3) is 0.130. The fourth-order valence-corrected chi connectivity index (χ4v) is 3.42. The molecule has 4 aromatic rings. The van der Waals surface area contributed by atoms with Crippen LogP contribution in [-0.4, -0.2) is 24.6 Å². The van der Waals surface area contributed by atoms with Gasteiger partial charge in [0, 0.05) is 35.1 Å². The van der Waals surface area contributed by atoms with Gasteiger partial charge in [-0.25, -0.2) is 0 Å². The van der Waals surface area contributed by atoms with Gasteiger partial charge in [0.1, 0.15) is 17.6 Å². The lowest BCUT2D eigenvalue weighted by atomic mass is 10.0. The lowest BCUT2D eigenvalue weighted by molar-refractivity contribution is 0.0952. The Balaban J connectivity index is 1.80. The molecule has 0 spiro atoms. The van der Waals surface area contributed by atoms with Gasteiger partial charge in [0.2, 0.25) is 0 Å². The molecule has 144 valence electrons. The number of carbonyl (C=O) groups is 1. The highest BCUT2D eigenvalue weighted by atomic mass is 16.5. The summed E-state index contributed by atoms with van der Waals surface area (Å²) in [5, 5.41) is 13.4. The van der Waals surface area contributed by atoms with Crippen LogP contribution >= 0.6 is 0 Å². The third-order valence-electron chi connectivity index (χ3n) is 4.73. The predicted octanol–water partition coefficient (Wildman–Crippen LogP) is 4.16. The zero-order valence-electron chi connectivity index (χ0n) is 15.9. The molecule has 3 aromatic carbocycles.